The molecular formula is C7H16P2S2. The van der Waals surface area contributed by atoms with Crippen LogP contribution in [-0.2, 0) is 0 Å². The van der Waals surface area contributed by atoms with Crippen molar-refractivity contribution in [3.05, 3.63) is 0 Å². The molecule has 1 aliphatic heterocycles. The van der Waals surface area contributed by atoms with Crippen LogP contribution in [0.15, 0.2) is 0 Å². The van der Waals surface area contributed by atoms with Crippen molar-refractivity contribution in [3.8, 4) is 0 Å². The fourth-order valence-electron chi connectivity index (χ4n) is 1.06. The molecule has 66 valence electrons. The van der Waals surface area contributed by atoms with Crippen LogP contribution in [0.25, 0.3) is 0 Å². The fraction of sp³-hybridized carbons (Fsp3) is 1.00. The molecule has 0 radical (unpaired) electrons. The van der Waals surface area contributed by atoms with Gasteiger partial charge in [-0.25, -0.2) is 0 Å². The van der Waals surface area contributed by atoms with Crippen molar-refractivity contribution in [2.45, 2.75) is 32.1 Å². The van der Waals surface area contributed by atoms with Crippen LogP contribution >= 0.6 is 36.9 Å². The average Bonchev–Trinajstić information content (AvgIpc) is 2.08. The molecule has 0 aliphatic carbocycles. The lowest BCUT2D eigenvalue weighted by atomic mass is 10.2. The first kappa shape index (κ1) is 10.6. The minimum Gasteiger partial charge on any atom is -0.0895 e. The SMILES string of the molecule is C1CCCPPSSCCC1. The molecule has 1 fully saturated rings. The third kappa shape index (κ3) is 6.70. The van der Waals surface area contributed by atoms with Crippen molar-refractivity contribution in [1.29, 1.82) is 0 Å². The maximum absolute atomic E-state index is 2.12. The van der Waals surface area contributed by atoms with Crippen LogP contribution in [0.4, 0.5) is 0 Å². The zero-order valence-electron chi connectivity index (χ0n) is 6.77. The maximum Gasteiger partial charge on any atom is 0.00401 e. The molecule has 0 N–H and O–H groups in total. The fourth-order valence-corrected chi connectivity index (χ4v) is 9.81. The van der Waals surface area contributed by atoms with E-state index in [1.54, 1.807) is 0 Å². The van der Waals surface area contributed by atoms with E-state index in [0.717, 1.165) is 0 Å². The summed E-state index contributed by atoms with van der Waals surface area (Å²) in [5, 5.41) is 0. The van der Waals surface area contributed by atoms with Crippen LogP contribution in [-0.4, -0.2) is 11.9 Å². The Morgan fingerprint density at radius 2 is 1.73 bits per heavy atom. The van der Waals surface area contributed by atoms with E-state index in [-0.39, 0.29) is 0 Å². The van der Waals surface area contributed by atoms with Gasteiger partial charge in [0.1, 0.15) is 0 Å². The molecule has 0 nitrogen and oxygen atoms in total. The molecule has 0 amide bonds. The molecule has 4 heteroatoms. The van der Waals surface area contributed by atoms with Crippen molar-refractivity contribution in [2.24, 2.45) is 0 Å². The largest absolute Gasteiger partial charge is 0.0895 e. The molecule has 1 heterocycles. The highest BCUT2D eigenvalue weighted by Crippen LogP contribution is 2.54. The summed E-state index contributed by atoms with van der Waals surface area (Å²) in [6.45, 7) is 0. The molecular weight excluding hydrogens is 210 g/mol. The van der Waals surface area contributed by atoms with Crippen LogP contribution < -0.4 is 0 Å². The molecule has 1 rings (SSSR count). The van der Waals surface area contributed by atoms with Crippen LogP contribution in [0.1, 0.15) is 32.1 Å². The van der Waals surface area contributed by atoms with Gasteiger partial charge in [0.05, 0.1) is 0 Å². The Hall–Kier alpha value is 1.56. The highest BCUT2D eigenvalue weighted by Gasteiger charge is 1.96. The van der Waals surface area contributed by atoms with Gasteiger partial charge in [0.15, 0.2) is 0 Å². The Balaban J connectivity index is 2.02. The highest BCUT2D eigenvalue weighted by molar-refractivity contribution is 9.02. The Bertz CT molecular complexity index is 52.5. The second-order valence-electron chi connectivity index (χ2n) is 2.70. The van der Waals surface area contributed by atoms with Gasteiger partial charge in [0.2, 0.25) is 0 Å². The zero-order chi connectivity index (χ0) is 7.78. The summed E-state index contributed by atoms with van der Waals surface area (Å²) in [6.07, 6.45) is 8.90. The first-order valence-electron chi connectivity index (χ1n) is 4.26. The van der Waals surface area contributed by atoms with Gasteiger partial charge in [-0.3, -0.25) is 0 Å². The second-order valence-corrected chi connectivity index (χ2v) is 10.8. The minimum atomic E-state index is 1.19. The lowest BCUT2D eigenvalue weighted by molar-refractivity contribution is 0.663. The van der Waals surface area contributed by atoms with E-state index in [1.165, 1.54) is 59.8 Å². The first-order chi connectivity index (χ1) is 5.50. The Morgan fingerprint density at radius 3 is 2.73 bits per heavy atom. The summed E-state index contributed by atoms with van der Waals surface area (Å²) in [6, 6.07) is 0. The first-order valence-corrected chi connectivity index (χ1v) is 10.5. The smallest absolute Gasteiger partial charge is 0.00401 e. The molecule has 0 aromatic heterocycles. The Kier molecular flexibility index (Phi) is 7.90. The lowest BCUT2D eigenvalue weighted by Gasteiger charge is -1.97. The van der Waals surface area contributed by atoms with Crippen LogP contribution in [0.2, 0.25) is 0 Å². The molecule has 11 heavy (non-hydrogen) atoms. The van der Waals surface area contributed by atoms with Crippen molar-refractivity contribution >= 4 is 36.9 Å². The van der Waals surface area contributed by atoms with Crippen LogP contribution in [0.3, 0.4) is 0 Å². The van der Waals surface area contributed by atoms with Crippen LogP contribution in [0, 0.1) is 0 Å². The van der Waals surface area contributed by atoms with Gasteiger partial charge in [0.25, 0.3) is 0 Å². The van der Waals surface area contributed by atoms with Crippen molar-refractivity contribution in [3.63, 3.8) is 0 Å². The van der Waals surface area contributed by atoms with Gasteiger partial charge in [-0.15, -0.1) is 0 Å². The predicted octanol–water partition coefficient (Wildman–Crippen LogP) is 4.52. The quantitative estimate of drug-likeness (QED) is 0.440. The minimum absolute atomic E-state index is 1.19. The molecule has 1 saturated heterocycles. The van der Waals surface area contributed by atoms with E-state index in [1.807, 2.05) is 0 Å². The Labute approximate surface area is 81.0 Å². The molecule has 0 aromatic carbocycles. The molecule has 1 aliphatic rings. The average molecular weight is 226 g/mol. The lowest BCUT2D eigenvalue weighted by Crippen LogP contribution is -1.80. The standard InChI is InChI=1S/C7H16P2S2/c1-2-4-6-8-9-11-10-7-5-3-1/h8-9H,1-7H2. The number of rotatable bonds is 0. The van der Waals surface area contributed by atoms with Gasteiger partial charge < -0.3 is 0 Å². The predicted molar refractivity (Wildman–Crippen MR) is 64.6 cm³/mol. The Morgan fingerprint density at radius 1 is 0.909 bits per heavy atom. The molecule has 2 atom stereocenters. The van der Waals surface area contributed by atoms with Gasteiger partial charge in [-0.1, -0.05) is 48.7 Å². The monoisotopic (exact) mass is 226 g/mol. The second kappa shape index (κ2) is 8.17. The van der Waals surface area contributed by atoms with E-state index in [0.29, 0.717) is 0 Å². The van der Waals surface area contributed by atoms with Crippen LogP contribution in [0.5, 0.6) is 0 Å². The highest BCUT2D eigenvalue weighted by atomic mass is 33.4. The van der Waals surface area contributed by atoms with Crippen molar-refractivity contribution in [2.75, 3.05) is 11.9 Å². The van der Waals surface area contributed by atoms with Crippen molar-refractivity contribution < 1.29 is 0 Å². The summed E-state index contributed by atoms with van der Waals surface area (Å²) < 4.78 is 0. The van der Waals surface area contributed by atoms with E-state index >= 15 is 0 Å². The molecule has 0 spiro atoms. The maximum atomic E-state index is 2.12. The molecule has 0 bridgehead atoms. The molecule has 2 unspecified atom stereocenters. The molecule has 0 aromatic rings. The summed E-state index contributed by atoms with van der Waals surface area (Å²) in [5.41, 5.74) is 0. The van der Waals surface area contributed by atoms with Gasteiger partial charge in [0, 0.05) is 5.75 Å². The van der Waals surface area contributed by atoms with E-state index < -0.39 is 0 Å². The zero-order valence-corrected chi connectivity index (χ0v) is 10.4. The van der Waals surface area contributed by atoms with Gasteiger partial charge >= 0.3 is 0 Å². The normalized spacial score (nSPS) is 28.4. The summed E-state index contributed by atoms with van der Waals surface area (Å²) in [4.78, 5) is 0. The van der Waals surface area contributed by atoms with E-state index in [4.69, 9.17) is 0 Å². The third-order valence-electron chi connectivity index (χ3n) is 1.70. The summed E-state index contributed by atoms with van der Waals surface area (Å²) in [7, 11) is 6.65. The number of hydrogen-bond donors (Lipinski definition) is 0. The van der Waals surface area contributed by atoms with Gasteiger partial charge in [-0.05, 0) is 26.5 Å². The summed E-state index contributed by atoms with van der Waals surface area (Å²) in [5.74, 6) is 1.39. The van der Waals surface area contributed by atoms with E-state index in [9.17, 15) is 0 Å². The van der Waals surface area contributed by atoms with Crippen molar-refractivity contribution in [1.82, 2.24) is 0 Å². The van der Waals surface area contributed by atoms with E-state index in [2.05, 4.69) is 21.2 Å². The number of hydrogen-bond acceptors (Lipinski definition) is 2. The summed E-state index contributed by atoms with van der Waals surface area (Å²) >= 11 is 0. The third-order valence-corrected chi connectivity index (χ3v) is 10.8. The molecule has 0 saturated carbocycles. The van der Waals surface area contributed by atoms with Gasteiger partial charge in [-0.2, -0.15) is 0 Å². The topological polar surface area (TPSA) is 0 Å².